The first kappa shape index (κ1) is 16.4. The lowest BCUT2D eigenvalue weighted by Gasteiger charge is -2.11. The number of rotatable bonds is 7. The summed E-state index contributed by atoms with van der Waals surface area (Å²) in [5, 5.41) is 3.88. The van der Waals surface area contributed by atoms with Crippen LogP contribution >= 0.6 is 0 Å². The van der Waals surface area contributed by atoms with E-state index in [1.165, 1.54) is 14.1 Å². The Morgan fingerprint density at radius 1 is 1.27 bits per heavy atom. The van der Waals surface area contributed by atoms with Crippen LogP contribution in [0.5, 0.6) is 5.75 Å². The molecule has 0 aliphatic heterocycles. The summed E-state index contributed by atoms with van der Waals surface area (Å²) in [6.45, 7) is 0.185. The molecule has 0 aliphatic rings. The fraction of sp³-hybridized carbons (Fsp3) is 0.385. The SMILES string of the molecule is COc1ccc(-c2noc(CCNS(=O)(=O)N(C)C)n2)cc1. The molecule has 120 valence electrons. The minimum absolute atomic E-state index is 0.185. The molecule has 1 aromatic heterocycles. The molecule has 2 aromatic rings. The van der Waals surface area contributed by atoms with E-state index in [1.54, 1.807) is 19.2 Å². The Morgan fingerprint density at radius 2 is 1.95 bits per heavy atom. The number of methoxy groups -OCH3 is 1. The van der Waals surface area contributed by atoms with Crippen LogP contribution in [-0.2, 0) is 16.6 Å². The van der Waals surface area contributed by atoms with Crippen molar-refractivity contribution in [3.05, 3.63) is 30.2 Å². The van der Waals surface area contributed by atoms with Gasteiger partial charge < -0.3 is 9.26 Å². The van der Waals surface area contributed by atoms with Crippen molar-refractivity contribution in [2.24, 2.45) is 0 Å². The van der Waals surface area contributed by atoms with Crippen LogP contribution in [0.3, 0.4) is 0 Å². The van der Waals surface area contributed by atoms with E-state index < -0.39 is 10.2 Å². The van der Waals surface area contributed by atoms with Gasteiger partial charge in [0.2, 0.25) is 11.7 Å². The predicted octanol–water partition coefficient (Wildman–Crippen LogP) is 0.684. The molecular weight excluding hydrogens is 308 g/mol. The minimum atomic E-state index is -3.44. The average molecular weight is 326 g/mol. The van der Waals surface area contributed by atoms with Crippen molar-refractivity contribution in [3.8, 4) is 17.1 Å². The highest BCUT2D eigenvalue weighted by molar-refractivity contribution is 7.87. The lowest BCUT2D eigenvalue weighted by Crippen LogP contribution is -2.36. The monoisotopic (exact) mass is 326 g/mol. The highest BCUT2D eigenvalue weighted by Gasteiger charge is 2.14. The van der Waals surface area contributed by atoms with Crippen LogP contribution in [0.25, 0.3) is 11.4 Å². The van der Waals surface area contributed by atoms with Crippen LogP contribution in [0, 0.1) is 0 Å². The zero-order valence-electron chi connectivity index (χ0n) is 12.6. The largest absolute Gasteiger partial charge is 0.497 e. The second-order valence-corrected chi connectivity index (χ2v) is 6.64. The predicted molar refractivity (Wildman–Crippen MR) is 80.6 cm³/mol. The van der Waals surface area contributed by atoms with Gasteiger partial charge in [-0.3, -0.25) is 0 Å². The molecule has 0 saturated carbocycles. The highest BCUT2D eigenvalue weighted by Crippen LogP contribution is 2.19. The molecule has 0 fully saturated rings. The summed E-state index contributed by atoms with van der Waals surface area (Å²) in [4.78, 5) is 4.23. The summed E-state index contributed by atoms with van der Waals surface area (Å²) in [7, 11) is 1.06. The van der Waals surface area contributed by atoms with E-state index in [1.807, 2.05) is 12.1 Å². The van der Waals surface area contributed by atoms with Gasteiger partial charge in [-0.2, -0.15) is 17.7 Å². The van der Waals surface area contributed by atoms with E-state index in [9.17, 15) is 8.42 Å². The van der Waals surface area contributed by atoms with Gasteiger partial charge in [-0.25, -0.2) is 4.72 Å². The third-order valence-corrected chi connectivity index (χ3v) is 4.45. The molecule has 0 saturated heterocycles. The van der Waals surface area contributed by atoms with Crippen molar-refractivity contribution in [2.75, 3.05) is 27.7 Å². The van der Waals surface area contributed by atoms with Crippen LogP contribution in [0.1, 0.15) is 5.89 Å². The molecule has 0 radical (unpaired) electrons. The van der Waals surface area contributed by atoms with E-state index in [2.05, 4.69) is 14.9 Å². The zero-order valence-corrected chi connectivity index (χ0v) is 13.4. The molecular formula is C13H18N4O4S. The number of ether oxygens (including phenoxy) is 1. The number of hydrogen-bond acceptors (Lipinski definition) is 6. The number of hydrogen-bond donors (Lipinski definition) is 1. The quantitative estimate of drug-likeness (QED) is 0.804. The molecule has 1 N–H and O–H groups in total. The molecule has 0 unspecified atom stereocenters. The first-order valence-corrected chi connectivity index (χ1v) is 8.00. The lowest BCUT2D eigenvalue weighted by molar-refractivity contribution is 0.378. The van der Waals surface area contributed by atoms with Gasteiger partial charge in [-0.05, 0) is 24.3 Å². The minimum Gasteiger partial charge on any atom is -0.497 e. The summed E-state index contributed by atoms with van der Waals surface area (Å²) >= 11 is 0. The van der Waals surface area contributed by atoms with Gasteiger partial charge in [-0.1, -0.05) is 5.16 Å². The maximum atomic E-state index is 11.5. The topological polar surface area (TPSA) is 97.6 Å². The van der Waals surface area contributed by atoms with Crippen LogP contribution in [0.4, 0.5) is 0 Å². The second-order valence-electron chi connectivity index (χ2n) is 4.67. The van der Waals surface area contributed by atoms with Gasteiger partial charge in [0.15, 0.2) is 0 Å². The van der Waals surface area contributed by atoms with Crippen LogP contribution < -0.4 is 9.46 Å². The third kappa shape index (κ3) is 4.03. The smallest absolute Gasteiger partial charge is 0.278 e. The van der Waals surface area contributed by atoms with Gasteiger partial charge in [-0.15, -0.1) is 0 Å². The first-order chi connectivity index (χ1) is 10.4. The normalized spacial score (nSPS) is 11.8. The van der Waals surface area contributed by atoms with Gasteiger partial charge in [0.1, 0.15) is 5.75 Å². The van der Waals surface area contributed by atoms with Crippen molar-refractivity contribution < 1.29 is 17.7 Å². The molecule has 0 amide bonds. The Labute approximate surface area is 129 Å². The molecule has 0 spiro atoms. The maximum Gasteiger partial charge on any atom is 0.278 e. The van der Waals surface area contributed by atoms with E-state index in [4.69, 9.17) is 9.26 Å². The van der Waals surface area contributed by atoms with E-state index in [-0.39, 0.29) is 6.54 Å². The van der Waals surface area contributed by atoms with Crippen molar-refractivity contribution in [1.82, 2.24) is 19.2 Å². The number of benzene rings is 1. The maximum absolute atomic E-state index is 11.5. The molecule has 8 nitrogen and oxygen atoms in total. The summed E-state index contributed by atoms with van der Waals surface area (Å²) < 4.78 is 36.8. The highest BCUT2D eigenvalue weighted by atomic mass is 32.2. The van der Waals surface area contributed by atoms with Crippen LogP contribution in [0.15, 0.2) is 28.8 Å². The van der Waals surface area contributed by atoms with E-state index in [0.29, 0.717) is 18.1 Å². The molecule has 9 heteroatoms. The molecule has 0 aliphatic carbocycles. The molecule has 22 heavy (non-hydrogen) atoms. The van der Waals surface area contributed by atoms with Crippen LogP contribution in [-0.4, -0.2) is 50.6 Å². The van der Waals surface area contributed by atoms with Gasteiger partial charge in [0.05, 0.1) is 7.11 Å². The van der Waals surface area contributed by atoms with Crippen LogP contribution in [0.2, 0.25) is 0 Å². The molecule has 0 bridgehead atoms. The van der Waals surface area contributed by atoms with Gasteiger partial charge >= 0.3 is 0 Å². The van der Waals surface area contributed by atoms with E-state index in [0.717, 1.165) is 15.6 Å². The first-order valence-electron chi connectivity index (χ1n) is 6.56. The fourth-order valence-corrected chi connectivity index (χ4v) is 2.25. The van der Waals surface area contributed by atoms with Crippen molar-refractivity contribution in [1.29, 1.82) is 0 Å². The zero-order chi connectivity index (χ0) is 16.2. The lowest BCUT2D eigenvalue weighted by atomic mass is 10.2. The van der Waals surface area contributed by atoms with E-state index >= 15 is 0 Å². The Hall–Kier alpha value is -1.97. The summed E-state index contributed by atoms with van der Waals surface area (Å²) in [6, 6.07) is 7.25. The Balaban J connectivity index is 1.96. The third-order valence-electron chi connectivity index (χ3n) is 2.92. The Kier molecular flexibility index (Phi) is 5.11. The number of nitrogens with zero attached hydrogens (tertiary/aromatic N) is 3. The summed E-state index contributed by atoms with van der Waals surface area (Å²) in [6.07, 6.45) is 0.316. The molecule has 0 atom stereocenters. The average Bonchev–Trinajstić information content (AvgIpc) is 2.96. The van der Waals surface area contributed by atoms with Crippen molar-refractivity contribution >= 4 is 10.2 Å². The Morgan fingerprint density at radius 3 is 2.55 bits per heavy atom. The number of aromatic nitrogens is 2. The van der Waals surface area contributed by atoms with Crippen molar-refractivity contribution in [2.45, 2.75) is 6.42 Å². The van der Waals surface area contributed by atoms with Gasteiger partial charge in [0, 0.05) is 32.6 Å². The fourth-order valence-electron chi connectivity index (χ4n) is 1.63. The molecule has 2 rings (SSSR count). The standard InChI is InChI=1S/C13H18N4O4S/c1-17(2)22(18,19)14-9-8-12-15-13(16-21-12)10-4-6-11(20-3)7-5-10/h4-7,14H,8-9H2,1-3H3. The van der Waals surface area contributed by atoms with Gasteiger partial charge in [0.25, 0.3) is 10.2 Å². The second kappa shape index (κ2) is 6.86. The molecule has 1 aromatic carbocycles. The summed E-state index contributed by atoms with van der Waals surface area (Å²) in [5.41, 5.74) is 0.796. The number of nitrogens with one attached hydrogen (secondary N) is 1. The van der Waals surface area contributed by atoms with Crippen molar-refractivity contribution in [3.63, 3.8) is 0 Å². The molecule has 1 heterocycles. The summed E-state index contributed by atoms with van der Waals surface area (Å²) in [5.74, 6) is 1.56. The Bertz CT molecular complexity index is 710.